The number of thiophene rings is 1. The first-order valence-corrected chi connectivity index (χ1v) is 7.81. The lowest BCUT2D eigenvalue weighted by atomic mass is 10.2. The highest BCUT2D eigenvalue weighted by Gasteiger charge is 2.23. The van der Waals surface area contributed by atoms with Crippen molar-refractivity contribution in [1.29, 1.82) is 0 Å². The molecule has 0 saturated heterocycles. The van der Waals surface area contributed by atoms with Gasteiger partial charge >= 0.3 is 0 Å². The van der Waals surface area contributed by atoms with E-state index in [1.807, 2.05) is 6.92 Å². The third-order valence-corrected chi connectivity index (χ3v) is 5.30. The average molecular weight is 300 g/mol. The topological polar surface area (TPSA) is 59.7 Å². The number of hydrogen-bond acceptors (Lipinski definition) is 6. The van der Waals surface area contributed by atoms with Gasteiger partial charge < -0.3 is 9.47 Å². The highest BCUT2D eigenvalue weighted by molar-refractivity contribution is 7.18. The summed E-state index contributed by atoms with van der Waals surface area (Å²) in [6.45, 7) is 8.87. The normalized spacial score (nSPS) is 14.7. The second kappa shape index (κ2) is 4.49. The minimum Gasteiger partial charge on any atom is -0.347 e. The number of aromatic nitrogens is 5. The van der Waals surface area contributed by atoms with Crippen LogP contribution >= 0.6 is 11.3 Å². The van der Waals surface area contributed by atoms with Gasteiger partial charge in [-0.2, -0.15) is 0 Å². The van der Waals surface area contributed by atoms with E-state index in [1.54, 1.807) is 17.7 Å². The fourth-order valence-electron chi connectivity index (χ4n) is 2.89. The van der Waals surface area contributed by atoms with Gasteiger partial charge in [0.1, 0.15) is 22.8 Å². The predicted octanol–water partition coefficient (Wildman–Crippen LogP) is 2.23. The molecule has 0 saturated carbocycles. The third-order valence-electron chi connectivity index (χ3n) is 4.18. The Hall–Kier alpha value is -2.02. The lowest BCUT2D eigenvalue weighted by molar-refractivity contribution is 0.548. The Kier molecular flexibility index (Phi) is 2.72. The van der Waals surface area contributed by atoms with Crippen LogP contribution in [0.4, 0.5) is 5.82 Å². The van der Waals surface area contributed by atoms with Gasteiger partial charge in [0, 0.05) is 18.0 Å². The van der Waals surface area contributed by atoms with Crippen molar-refractivity contribution < 1.29 is 0 Å². The van der Waals surface area contributed by atoms with Gasteiger partial charge in [-0.05, 0) is 26.3 Å². The van der Waals surface area contributed by atoms with Gasteiger partial charge in [0.05, 0.1) is 11.9 Å². The van der Waals surface area contributed by atoms with Gasteiger partial charge in [-0.1, -0.05) is 0 Å². The highest BCUT2D eigenvalue weighted by Crippen LogP contribution is 2.35. The molecule has 0 fully saturated rings. The van der Waals surface area contributed by atoms with Gasteiger partial charge in [0.15, 0.2) is 5.82 Å². The highest BCUT2D eigenvalue weighted by atomic mass is 32.1. The summed E-state index contributed by atoms with van der Waals surface area (Å²) in [7, 11) is 0. The molecule has 0 spiro atoms. The molecule has 21 heavy (non-hydrogen) atoms. The Morgan fingerprint density at radius 2 is 1.95 bits per heavy atom. The molecular formula is C14H16N6S. The lowest BCUT2D eigenvalue weighted by Gasteiger charge is -2.29. The van der Waals surface area contributed by atoms with E-state index in [0.29, 0.717) is 0 Å². The smallest absolute Gasteiger partial charge is 0.152 e. The van der Waals surface area contributed by atoms with Crippen LogP contribution in [0.3, 0.4) is 0 Å². The maximum atomic E-state index is 4.55. The van der Waals surface area contributed by atoms with Crippen molar-refractivity contribution >= 4 is 27.4 Å². The van der Waals surface area contributed by atoms with Crippen LogP contribution in [0.5, 0.6) is 0 Å². The summed E-state index contributed by atoms with van der Waals surface area (Å²) in [6, 6.07) is 0. The summed E-state index contributed by atoms with van der Waals surface area (Å²) in [6.07, 6.45) is 1.66. The molecule has 0 amide bonds. The first kappa shape index (κ1) is 12.7. The summed E-state index contributed by atoms with van der Waals surface area (Å²) in [5.41, 5.74) is 1.29. The number of fused-ring (bicyclic) bond motifs is 2. The van der Waals surface area contributed by atoms with Crippen molar-refractivity contribution in [2.75, 3.05) is 11.4 Å². The van der Waals surface area contributed by atoms with E-state index >= 15 is 0 Å². The Morgan fingerprint density at radius 1 is 1.10 bits per heavy atom. The monoisotopic (exact) mass is 300 g/mol. The van der Waals surface area contributed by atoms with E-state index in [-0.39, 0.29) is 0 Å². The number of anilines is 1. The summed E-state index contributed by atoms with van der Waals surface area (Å²) in [5.74, 6) is 3.02. The van der Waals surface area contributed by atoms with E-state index in [9.17, 15) is 0 Å². The van der Waals surface area contributed by atoms with Crippen molar-refractivity contribution in [2.24, 2.45) is 0 Å². The van der Waals surface area contributed by atoms with Gasteiger partial charge in [-0.3, -0.25) is 0 Å². The fraction of sp³-hybridized carbons (Fsp3) is 0.429. The minimum atomic E-state index is 0.751. The summed E-state index contributed by atoms with van der Waals surface area (Å²) in [5, 5.41) is 9.62. The molecule has 108 valence electrons. The molecule has 1 aliphatic heterocycles. The molecule has 3 aromatic rings. The maximum absolute atomic E-state index is 4.55. The average Bonchev–Trinajstić information content (AvgIpc) is 3.00. The Labute approximate surface area is 126 Å². The number of aryl methyl sites for hydroxylation is 3. The molecule has 3 aromatic heterocycles. The first-order valence-electron chi connectivity index (χ1n) is 6.99. The van der Waals surface area contributed by atoms with Crippen LogP contribution in [0.15, 0.2) is 6.33 Å². The van der Waals surface area contributed by atoms with Crippen molar-refractivity contribution in [2.45, 2.75) is 33.9 Å². The van der Waals surface area contributed by atoms with E-state index in [1.165, 1.54) is 15.8 Å². The van der Waals surface area contributed by atoms with Crippen LogP contribution in [-0.2, 0) is 13.1 Å². The third kappa shape index (κ3) is 1.84. The summed E-state index contributed by atoms with van der Waals surface area (Å²) >= 11 is 1.74. The number of hydrogen-bond donors (Lipinski definition) is 0. The number of rotatable bonds is 1. The molecule has 0 N–H and O–H groups in total. The van der Waals surface area contributed by atoms with Crippen LogP contribution in [0, 0.1) is 20.8 Å². The van der Waals surface area contributed by atoms with Crippen LogP contribution in [-0.4, -0.2) is 31.3 Å². The predicted molar refractivity (Wildman–Crippen MR) is 82.7 cm³/mol. The quantitative estimate of drug-likeness (QED) is 0.689. The molecule has 4 rings (SSSR count). The van der Waals surface area contributed by atoms with Gasteiger partial charge in [-0.15, -0.1) is 21.5 Å². The lowest BCUT2D eigenvalue weighted by Crippen LogP contribution is -2.34. The largest absolute Gasteiger partial charge is 0.347 e. The molecule has 7 heteroatoms. The molecule has 0 aromatic carbocycles. The molecule has 1 aliphatic rings. The van der Waals surface area contributed by atoms with Crippen molar-refractivity contribution in [3.8, 4) is 0 Å². The van der Waals surface area contributed by atoms with Gasteiger partial charge in [0.25, 0.3) is 0 Å². The molecule has 0 radical (unpaired) electrons. The molecule has 4 heterocycles. The zero-order chi connectivity index (χ0) is 14.6. The molecule has 6 nitrogen and oxygen atoms in total. The molecule has 0 unspecified atom stereocenters. The number of nitrogens with zero attached hydrogens (tertiary/aromatic N) is 6. The van der Waals surface area contributed by atoms with Crippen molar-refractivity contribution in [3.63, 3.8) is 0 Å². The molecule has 0 aliphatic carbocycles. The summed E-state index contributed by atoms with van der Waals surface area (Å²) < 4.78 is 2.18. The standard InChI is InChI=1S/C14H16N6S/c1-8-9(2)21-14-12(8)13(15-7-16-14)19-4-5-20-10(3)17-18-11(20)6-19/h7H,4-6H2,1-3H3. The molecular weight excluding hydrogens is 284 g/mol. The molecule has 0 bridgehead atoms. The van der Waals surface area contributed by atoms with Crippen molar-refractivity contribution in [3.05, 3.63) is 28.4 Å². The van der Waals surface area contributed by atoms with Crippen LogP contribution < -0.4 is 4.90 Å². The van der Waals surface area contributed by atoms with E-state index in [0.717, 1.165) is 41.9 Å². The Morgan fingerprint density at radius 3 is 2.81 bits per heavy atom. The van der Waals surface area contributed by atoms with Gasteiger partial charge in [-0.25, -0.2) is 9.97 Å². The first-order chi connectivity index (χ1) is 10.1. The van der Waals surface area contributed by atoms with E-state index in [2.05, 4.69) is 43.5 Å². The fourth-order valence-corrected chi connectivity index (χ4v) is 3.88. The van der Waals surface area contributed by atoms with Crippen LogP contribution in [0.1, 0.15) is 22.1 Å². The van der Waals surface area contributed by atoms with Crippen LogP contribution in [0.25, 0.3) is 10.2 Å². The second-order valence-electron chi connectivity index (χ2n) is 5.40. The Bertz CT molecular complexity index is 833. The summed E-state index contributed by atoms with van der Waals surface area (Å²) in [4.78, 5) is 13.6. The van der Waals surface area contributed by atoms with E-state index in [4.69, 9.17) is 0 Å². The second-order valence-corrected chi connectivity index (χ2v) is 6.60. The SMILES string of the molecule is Cc1sc2ncnc(N3CCn4c(C)nnc4C3)c2c1C. The van der Waals surface area contributed by atoms with Crippen LogP contribution in [0.2, 0.25) is 0 Å². The maximum Gasteiger partial charge on any atom is 0.152 e. The Balaban J connectivity index is 1.81. The van der Waals surface area contributed by atoms with Crippen molar-refractivity contribution in [1.82, 2.24) is 24.7 Å². The van der Waals surface area contributed by atoms with Gasteiger partial charge in [0.2, 0.25) is 0 Å². The van der Waals surface area contributed by atoms with E-state index < -0.39 is 0 Å². The zero-order valence-corrected chi connectivity index (χ0v) is 13.1. The molecule has 0 atom stereocenters. The minimum absolute atomic E-state index is 0.751. The zero-order valence-electron chi connectivity index (χ0n) is 12.3.